The summed E-state index contributed by atoms with van der Waals surface area (Å²) in [5.74, 6) is 5.96. The van der Waals surface area contributed by atoms with E-state index in [1.54, 1.807) is 13.3 Å². The number of benzene rings is 1. The number of hydrazine groups is 1. The third-order valence-corrected chi connectivity index (χ3v) is 5.09. The summed E-state index contributed by atoms with van der Waals surface area (Å²) in [7, 11) is 1.61. The normalized spacial score (nSPS) is 11.3. The summed E-state index contributed by atoms with van der Waals surface area (Å²) in [6.45, 7) is 0.651. The van der Waals surface area contributed by atoms with E-state index in [9.17, 15) is 18.0 Å². The number of carbonyl (C=O) groups is 2. The number of unbranched alkanes of at least 4 members (excludes halogenated alkanes) is 1. The smallest absolute Gasteiger partial charge is 0.416 e. The van der Waals surface area contributed by atoms with Crippen LogP contribution in [0.2, 0.25) is 0 Å². The highest BCUT2D eigenvalue weighted by Crippen LogP contribution is 2.28. The van der Waals surface area contributed by atoms with Gasteiger partial charge in [-0.1, -0.05) is 23.4 Å². The van der Waals surface area contributed by atoms with Crippen molar-refractivity contribution in [2.75, 3.05) is 20.2 Å². The van der Waals surface area contributed by atoms with E-state index in [2.05, 4.69) is 21.3 Å². The molecule has 0 unspecified atom stereocenters. The van der Waals surface area contributed by atoms with Gasteiger partial charge in [0.05, 0.1) is 24.9 Å². The number of nitrogens with one attached hydrogen (secondary N) is 2. The Morgan fingerprint density at radius 3 is 2.58 bits per heavy atom. The van der Waals surface area contributed by atoms with Crippen molar-refractivity contribution in [1.82, 2.24) is 20.3 Å². The van der Waals surface area contributed by atoms with Crippen LogP contribution in [0, 0.1) is 5.53 Å². The Labute approximate surface area is 230 Å². The summed E-state index contributed by atoms with van der Waals surface area (Å²) in [4.78, 5) is 24.5. The van der Waals surface area contributed by atoms with Crippen LogP contribution in [0.25, 0.3) is 0 Å². The lowest BCUT2D eigenvalue weighted by molar-refractivity contribution is -0.137. The topological polar surface area (TPSA) is 189 Å². The Balaban J connectivity index is 0.00000254. The Hall–Kier alpha value is -4.66. The Kier molecular flexibility index (Phi) is 14.8. The monoisotopic (exact) mass is 565 g/mol. The van der Waals surface area contributed by atoms with Gasteiger partial charge in [0, 0.05) is 31.7 Å². The molecule has 0 aliphatic heterocycles. The van der Waals surface area contributed by atoms with Crippen LogP contribution in [0.5, 0.6) is 5.75 Å². The van der Waals surface area contributed by atoms with Crippen LogP contribution in [0.4, 0.5) is 13.2 Å². The number of aromatic nitrogens is 1. The van der Waals surface area contributed by atoms with Crippen molar-refractivity contribution in [2.45, 2.75) is 32.0 Å². The number of alkyl halides is 3. The lowest BCUT2D eigenvalue weighted by atomic mass is 10.1. The average molecular weight is 566 g/mol. The van der Waals surface area contributed by atoms with Gasteiger partial charge in [-0.2, -0.15) is 18.7 Å². The number of rotatable bonds is 14. The zero-order valence-electron chi connectivity index (χ0n) is 22.0. The van der Waals surface area contributed by atoms with E-state index in [-0.39, 0.29) is 24.3 Å². The SMILES string of the molecule is COc1cccc(C/C=C/N(CCCCN(N)/C=C(\N)C(=O)NCc2cc(C(F)(F)F)ccn2)N=N)c1.NC=O. The minimum absolute atomic E-state index is 0.0440. The molecule has 0 aliphatic carbocycles. The molecule has 12 nitrogen and oxygen atoms in total. The molecule has 1 heterocycles. The summed E-state index contributed by atoms with van der Waals surface area (Å²) < 4.78 is 43.6. The van der Waals surface area contributed by atoms with Gasteiger partial charge in [-0.3, -0.25) is 19.6 Å². The highest BCUT2D eigenvalue weighted by Gasteiger charge is 2.30. The molecule has 0 bridgehead atoms. The molecule has 2 rings (SSSR count). The van der Waals surface area contributed by atoms with E-state index >= 15 is 0 Å². The highest BCUT2D eigenvalue weighted by molar-refractivity contribution is 5.92. The standard InChI is InChI=1S/C24H31F3N8O2.CH3NO/c1-37-21-8-4-6-18(14-21)7-5-13-35(33-29)12-3-2-11-34(30)17-22(28)23(36)32-16-20-15-19(9-10-31-20)24(25,26)27;2-1-3/h4-6,8-10,13-15,17,29H,2-3,7,11-12,16,28,30H2,1H3,(H,32,36);1H,(H2,2,3)/b13-5+,22-17-,33-29?;. The number of pyridine rings is 1. The molecule has 15 heteroatoms. The quantitative estimate of drug-likeness (QED) is 0.0577. The number of halogens is 3. The van der Waals surface area contributed by atoms with Gasteiger partial charge in [-0.05, 0) is 49.1 Å². The maximum atomic E-state index is 12.8. The number of primary amides is 1. The minimum Gasteiger partial charge on any atom is -0.497 e. The number of nitrogens with two attached hydrogens (primary N) is 3. The number of nitrogens with zero attached hydrogens (tertiary/aromatic N) is 4. The van der Waals surface area contributed by atoms with Crippen molar-refractivity contribution in [3.05, 3.63) is 83.6 Å². The number of methoxy groups -OCH3 is 1. The van der Waals surface area contributed by atoms with Crippen molar-refractivity contribution in [1.29, 1.82) is 5.53 Å². The Morgan fingerprint density at radius 2 is 1.93 bits per heavy atom. The number of hydrogen-bond acceptors (Lipinski definition) is 9. The third kappa shape index (κ3) is 13.2. The summed E-state index contributed by atoms with van der Waals surface area (Å²) in [5.41, 5.74) is 17.3. The Morgan fingerprint density at radius 1 is 1.23 bits per heavy atom. The van der Waals surface area contributed by atoms with Crippen LogP contribution in [0.15, 0.2) is 72.0 Å². The van der Waals surface area contributed by atoms with E-state index in [0.29, 0.717) is 32.4 Å². The van der Waals surface area contributed by atoms with Crippen molar-refractivity contribution >= 4 is 12.3 Å². The Bertz CT molecular complexity index is 1140. The number of amides is 2. The van der Waals surface area contributed by atoms with Gasteiger partial charge in [-0.15, -0.1) is 0 Å². The zero-order chi connectivity index (χ0) is 30.0. The van der Waals surface area contributed by atoms with Gasteiger partial charge in [0.1, 0.15) is 11.4 Å². The molecule has 0 saturated carbocycles. The summed E-state index contributed by atoms with van der Waals surface area (Å²) in [6.07, 6.45) is 3.61. The molecule has 0 atom stereocenters. The van der Waals surface area contributed by atoms with Gasteiger partial charge in [-0.25, -0.2) is 5.84 Å². The lowest BCUT2D eigenvalue weighted by Gasteiger charge is -2.16. The maximum absolute atomic E-state index is 12.8. The number of ether oxygens (including phenoxy) is 1. The van der Waals surface area contributed by atoms with Crippen molar-refractivity contribution in [2.24, 2.45) is 22.5 Å². The van der Waals surface area contributed by atoms with Crippen LogP contribution < -0.4 is 27.4 Å². The molecule has 8 N–H and O–H groups in total. The maximum Gasteiger partial charge on any atom is 0.416 e. The highest BCUT2D eigenvalue weighted by atomic mass is 19.4. The largest absolute Gasteiger partial charge is 0.497 e. The predicted octanol–water partition coefficient (Wildman–Crippen LogP) is 2.59. The number of hydrogen-bond donors (Lipinski definition) is 5. The molecular formula is C25H34F3N9O3. The number of allylic oxidation sites excluding steroid dienone is 1. The number of carbonyl (C=O) groups excluding carboxylic acids is 2. The fourth-order valence-electron chi connectivity index (χ4n) is 3.16. The van der Waals surface area contributed by atoms with E-state index in [0.717, 1.165) is 29.6 Å². The fraction of sp³-hybridized carbons (Fsp3) is 0.320. The van der Waals surface area contributed by atoms with Gasteiger partial charge >= 0.3 is 6.18 Å². The van der Waals surface area contributed by atoms with Gasteiger partial charge in [0.2, 0.25) is 6.41 Å². The van der Waals surface area contributed by atoms with Crippen molar-refractivity contribution in [3.8, 4) is 5.75 Å². The van der Waals surface area contributed by atoms with Crippen LogP contribution in [0.3, 0.4) is 0 Å². The molecule has 0 aliphatic rings. The first-order chi connectivity index (χ1) is 19.0. The molecule has 2 aromatic rings. The van der Waals surface area contributed by atoms with E-state index in [1.807, 2.05) is 30.3 Å². The third-order valence-electron chi connectivity index (χ3n) is 5.09. The van der Waals surface area contributed by atoms with Gasteiger partial charge < -0.3 is 26.5 Å². The molecule has 0 saturated heterocycles. The van der Waals surface area contributed by atoms with Crippen LogP contribution in [-0.2, 0) is 28.7 Å². The zero-order valence-corrected chi connectivity index (χ0v) is 22.0. The van der Waals surface area contributed by atoms with Crippen LogP contribution >= 0.6 is 0 Å². The minimum atomic E-state index is -4.50. The second kappa shape index (κ2) is 17.8. The first-order valence-corrected chi connectivity index (χ1v) is 11.9. The van der Waals surface area contributed by atoms with Crippen LogP contribution in [-0.4, -0.2) is 47.5 Å². The van der Waals surface area contributed by atoms with Crippen molar-refractivity contribution < 1.29 is 27.5 Å². The lowest BCUT2D eigenvalue weighted by Crippen LogP contribution is -2.33. The van der Waals surface area contributed by atoms with Crippen LogP contribution in [0.1, 0.15) is 29.7 Å². The predicted molar refractivity (Wildman–Crippen MR) is 141 cm³/mol. The fourth-order valence-corrected chi connectivity index (χ4v) is 3.16. The van der Waals surface area contributed by atoms with Crippen molar-refractivity contribution in [3.63, 3.8) is 0 Å². The second-order valence-corrected chi connectivity index (χ2v) is 8.09. The van der Waals surface area contributed by atoms with E-state index < -0.39 is 17.6 Å². The molecular weight excluding hydrogens is 531 g/mol. The molecule has 218 valence electrons. The van der Waals surface area contributed by atoms with Gasteiger partial charge in [0.25, 0.3) is 5.91 Å². The molecule has 0 radical (unpaired) electrons. The van der Waals surface area contributed by atoms with E-state index in [4.69, 9.17) is 26.6 Å². The first-order valence-electron chi connectivity index (χ1n) is 11.9. The van der Waals surface area contributed by atoms with E-state index in [1.165, 1.54) is 16.2 Å². The summed E-state index contributed by atoms with van der Waals surface area (Å²) in [5, 5.41) is 8.64. The molecule has 0 spiro atoms. The molecule has 2 amide bonds. The molecule has 1 aromatic heterocycles. The second-order valence-electron chi connectivity index (χ2n) is 8.09. The first kappa shape index (κ1) is 33.4. The molecule has 40 heavy (non-hydrogen) atoms. The molecule has 0 fully saturated rings. The average Bonchev–Trinajstić information content (AvgIpc) is 2.93. The summed E-state index contributed by atoms with van der Waals surface area (Å²) in [6, 6.07) is 9.40. The van der Waals surface area contributed by atoms with Gasteiger partial charge in [0.15, 0.2) is 0 Å². The summed E-state index contributed by atoms with van der Waals surface area (Å²) >= 11 is 0. The molecule has 1 aromatic carbocycles.